The summed E-state index contributed by atoms with van der Waals surface area (Å²) in [5.41, 5.74) is 0.598. The third kappa shape index (κ3) is 9.19. The Morgan fingerprint density at radius 2 is 1.12 bits per heavy atom. The molecule has 48 heavy (non-hydrogen) atoms. The van der Waals surface area contributed by atoms with Gasteiger partial charge in [-0.25, -0.2) is 9.37 Å². The summed E-state index contributed by atoms with van der Waals surface area (Å²) in [6, 6.07) is 33.6. The Morgan fingerprint density at radius 3 is 1.60 bits per heavy atom. The molecule has 2 aliphatic heterocycles. The second-order valence-electron chi connectivity index (χ2n) is 12.6. The predicted molar refractivity (Wildman–Crippen MR) is 176 cm³/mol. The average molecular weight is 664 g/mol. The number of rotatable bonds is 12. The highest BCUT2D eigenvalue weighted by molar-refractivity contribution is 5.40. The summed E-state index contributed by atoms with van der Waals surface area (Å²) in [5.74, 6) is 0.215. The second-order valence-corrected chi connectivity index (χ2v) is 12.6. The number of ether oxygens (including phenoxy) is 3. The lowest BCUT2D eigenvalue weighted by molar-refractivity contribution is -0.188. The van der Waals surface area contributed by atoms with Gasteiger partial charge in [0.05, 0.1) is 32.0 Å². The van der Waals surface area contributed by atoms with Crippen molar-refractivity contribution in [1.29, 1.82) is 0 Å². The van der Waals surface area contributed by atoms with Crippen LogP contribution in [0.2, 0.25) is 0 Å². The molecule has 3 heterocycles. The van der Waals surface area contributed by atoms with E-state index in [4.69, 9.17) is 14.2 Å². The number of pyridine rings is 1. The van der Waals surface area contributed by atoms with Crippen molar-refractivity contribution in [3.63, 3.8) is 0 Å². The molecule has 4 aromatic rings. The van der Waals surface area contributed by atoms with Gasteiger partial charge < -0.3 is 19.1 Å². The Balaban J connectivity index is 1.17. The normalized spacial score (nSPS) is 21.7. The van der Waals surface area contributed by atoms with Gasteiger partial charge in [0.15, 0.2) is 0 Å². The summed E-state index contributed by atoms with van der Waals surface area (Å²) in [6.45, 7) is 2.70. The van der Waals surface area contributed by atoms with E-state index in [0.29, 0.717) is 32.9 Å². The molecule has 2 fully saturated rings. The zero-order valence-corrected chi connectivity index (χ0v) is 26.8. The molecular formula is C38H41F4N3O3. The zero-order chi connectivity index (χ0) is 33.4. The topological polar surface area (TPSA) is 47.1 Å². The molecule has 6 nitrogen and oxygen atoms in total. The average Bonchev–Trinajstić information content (AvgIpc) is 3.10. The van der Waals surface area contributed by atoms with Crippen molar-refractivity contribution in [2.75, 3.05) is 37.6 Å². The number of halogens is 4. The highest BCUT2D eigenvalue weighted by Crippen LogP contribution is 2.34. The Morgan fingerprint density at radius 1 is 0.646 bits per heavy atom. The quantitative estimate of drug-likeness (QED) is 0.147. The number of likely N-dealkylation sites (tertiary alicyclic amines) is 1. The van der Waals surface area contributed by atoms with Crippen LogP contribution in [0.15, 0.2) is 109 Å². The Kier molecular flexibility index (Phi) is 11.1. The molecule has 2 unspecified atom stereocenters. The standard InChI is InChI=1S/C38H41F4N3O3/c39-37(19-21-45(22-20-37)35-18-10-17-34(43-35)38(40,41)42)28-44-23-32(46-25-29-11-4-1-5-12-29)36(48-27-31-15-8-3-9-16-31)33(24-44)47-26-30-13-6-2-7-14-30/h1-18,32-33,36H,19-28H2. The van der Waals surface area contributed by atoms with Crippen molar-refractivity contribution >= 4 is 5.82 Å². The number of hydrogen-bond acceptors (Lipinski definition) is 6. The van der Waals surface area contributed by atoms with Crippen molar-refractivity contribution in [3.05, 3.63) is 132 Å². The highest BCUT2D eigenvalue weighted by Gasteiger charge is 2.44. The Hall–Kier alpha value is -3.83. The molecule has 0 bridgehead atoms. The van der Waals surface area contributed by atoms with E-state index < -0.39 is 35.9 Å². The Labute approximate surface area is 279 Å². The van der Waals surface area contributed by atoms with Crippen molar-refractivity contribution in [1.82, 2.24) is 9.88 Å². The minimum absolute atomic E-state index is 0.151. The zero-order valence-electron chi connectivity index (χ0n) is 26.8. The molecule has 10 heteroatoms. The number of hydrogen-bond donors (Lipinski definition) is 0. The predicted octanol–water partition coefficient (Wildman–Crippen LogP) is 7.48. The van der Waals surface area contributed by atoms with Gasteiger partial charge in [0, 0.05) is 45.6 Å². The molecule has 2 atom stereocenters. The third-order valence-electron chi connectivity index (χ3n) is 9.02. The van der Waals surface area contributed by atoms with Gasteiger partial charge in [-0.3, -0.25) is 4.90 Å². The van der Waals surface area contributed by atoms with Gasteiger partial charge in [0.2, 0.25) is 0 Å². The number of alkyl halides is 4. The molecule has 6 rings (SSSR count). The van der Waals surface area contributed by atoms with Crippen molar-refractivity contribution in [2.45, 2.75) is 62.8 Å². The molecular weight excluding hydrogens is 622 g/mol. The SMILES string of the molecule is FC1(CN2CC(OCc3ccccc3)C(OCc3ccccc3)C(OCc3ccccc3)C2)CCN(c2cccc(C(F)(F)F)n2)CC1. The lowest BCUT2D eigenvalue weighted by atomic mass is 9.91. The van der Waals surface area contributed by atoms with Gasteiger partial charge in [-0.2, -0.15) is 13.2 Å². The second kappa shape index (κ2) is 15.6. The van der Waals surface area contributed by atoms with Crippen LogP contribution in [0.4, 0.5) is 23.4 Å². The van der Waals surface area contributed by atoms with Gasteiger partial charge in [0.25, 0.3) is 0 Å². The fourth-order valence-corrected chi connectivity index (χ4v) is 6.44. The lowest BCUT2D eigenvalue weighted by Gasteiger charge is -2.46. The maximum absolute atomic E-state index is 16.6. The summed E-state index contributed by atoms with van der Waals surface area (Å²) in [7, 11) is 0. The van der Waals surface area contributed by atoms with E-state index in [1.807, 2.05) is 91.0 Å². The fraction of sp³-hybridized carbons (Fsp3) is 0.395. The highest BCUT2D eigenvalue weighted by atomic mass is 19.4. The van der Waals surface area contributed by atoms with Crippen LogP contribution in [0.1, 0.15) is 35.2 Å². The first kappa shape index (κ1) is 34.0. The van der Waals surface area contributed by atoms with Crippen molar-refractivity contribution in [3.8, 4) is 0 Å². The summed E-state index contributed by atoms with van der Waals surface area (Å²) >= 11 is 0. The van der Waals surface area contributed by atoms with Crippen LogP contribution < -0.4 is 4.90 Å². The monoisotopic (exact) mass is 663 g/mol. The van der Waals surface area contributed by atoms with Gasteiger partial charge in [-0.05, 0) is 28.8 Å². The molecule has 0 spiro atoms. The maximum atomic E-state index is 16.6. The molecule has 0 amide bonds. The van der Waals surface area contributed by atoms with E-state index in [1.165, 1.54) is 6.07 Å². The van der Waals surface area contributed by atoms with E-state index in [9.17, 15) is 13.2 Å². The first-order valence-corrected chi connectivity index (χ1v) is 16.4. The van der Waals surface area contributed by atoms with E-state index >= 15 is 4.39 Å². The van der Waals surface area contributed by atoms with Gasteiger partial charge >= 0.3 is 6.18 Å². The van der Waals surface area contributed by atoms with Gasteiger partial charge in [-0.15, -0.1) is 0 Å². The van der Waals surface area contributed by atoms with E-state index in [-0.39, 0.29) is 38.3 Å². The number of piperidine rings is 2. The number of anilines is 1. The van der Waals surface area contributed by atoms with Crippen LogP contribution >= 0.6 is 0 Å². The summed E-state index contributed by atoms with van der Waals surface area (Å²) < 4.78 is 76.0. The molecule has 254 valence electrons. The minimum atomic E-state index is -4.54. The van der Waals surface area contributed by atoms with Crippen LogP contribution in [0.25, 0.3) is 0 Å². The van der Waals surface area contributed by atoms with Crippen LogP contribution in [0.5, 0.6) is 0 Å². The molecule has 0 saturated carbocycles. The molecule has 3 aromatic carbocycles. The van der Waals surface area contributed by atoms with Crippen LogP contribution in [0, 0.1) is 0 Å². The minimum Gasteiger partial charge on any atom is -0.369 e. The van der Waals surface area contributed by atoms with E-state index in [1.54, 1.807) is 11.0 Å². The molecule has 2 saturated heterocycles. The van der Waals surface area contributed by atoms with Crippen LogP contribution in [-0.2, 0) is 40.2 Å². The molecule has 1 aromatic heterocycles. The fourth-order valence-electron chi connectivity index (χ4n) is 6.44. The summed E-state index contributed by atoms with van der Waals surface area (Å²) in [4.78, 5) is 7.60. The lowest BCUT2D eigenvalue weighted by Crippen LogP contribution is -2.60. The maximum Gasteiger partial charge on any atom is 0.433 e. The van der Waals surface area contributed by atoms with Crippen molar-refractivity contribution in [2.24, 2.45) is 0 Å². The number of benzene rings is 3. The summed E-state index contributed by atoms with van der Waals surface area (Å²) in [5, 5.41) is 0. The van der Waals surface area contributed by atoms with E-state index in [2.05, 4.69) is 9.88 Å². The molecule has 2 aliphatic rings. The van der Waals surface area contributed by atoms with Gasteiger partial charge in [-0.1, -0.05) is 97.1 Å². The van der Waals surface area contributed by atoms with Gasteiger partial charge in [0.1, 0.15) is 23.3 Å². The largest absolute Gasteiger partial charge is 0.433 e. The van der Waals surface area contributed by atoms with Crippen LogP contribution in [0.3, 0.4) is 0 Å². The van der Waals surface area contributed by atoms with Crippen molar-refractivity contribution < 1.29 is 31.8 Å². The first-order chi connectivity index (χ1) is 23.2. The number of aromatic nitrogens is 1. The summed E-state index contributed by atoms with van der Waals surface area (Å²) in [6.07, 6.45) is -5.41. The number of nitrogens with zero attached hydrogens (tertiary/aromatic N) is 3. The Bertz CT molecular complexity index is 1500. The van der Waals surface area contributed by atoms with Crippen LogP contribution in [-0.4, -0.2) is 66.6 Å². The first-order valence-electron chi connectivity index (χ1n) is 16.4. The third-order valence-corrected chi connectivity index (χ3v) is 9.02. The molecule has 0 radical (unpaired) electrons. The smallest absolute Gasteiger partial charge is 0.369 e. The molecule has 0 N–H and O–H groups in total. The molecule has 0 aliphatic carbocycles. The van der Waals surface area contributed by atoms with E-state index in [0.717, 1.165) is 22.8 Å².